The third-order valence-electron chi connectivity index (χ3n) is 6.78. The summed E-state index contributed by atoms with van der Waals surface area (Å²) >= 11 is 1.60. The van der Waals surface area contributed by atoms with Gasteiger partial charge in [0, 0.05) is 12.2 Å². The Morgan fingerprint density at radius 2 is 1.63 bits per heavy atom. The summed E-state index contributed by atoms with van der Waals surface area (Å²) in [4.78, 5) is 43.0. The molecule has 0 fully saturated rings. The summed E-state index contributed by atoms with van der Waals surface area (Å²) in [6.45, 7) is 13.8. The van der Waals surface area contributed by atoms with Crippen LogP contribution in [-0.4, -0.2) is 53.0 Å². The van der Waals surface area contributed by atoms with E-state index in [-0.39, 0.29) is 11.8 Å². The Morgan fingerprint density at radius 3 is 2.22 bits per heavy atom. The van der Waals surface area contributed by atoms with Crippen LogP contribution in [0, 0.1) is 20.8 Å². The van der Waals surface area contributed by atoms with Crippen LogP contribution >= 0.6 is 11.8 Å². The normalized spacial score (nSPS) is 12.8. The van der Waals surface area contributed by atoms with Crippen LogP contribution in [0.25, 0.3) is 0 Å². The lowest BCUT2D eigenvalue weighted by atomic mass is 9.99. The number of carbonyl (C=O) groups is 3. The number of hydrogen-bond donors (Lipinski definition) is 2. The molecule has 0 aromatic heterocycles. The van der Waals surface area contributed by atoms with E-state index in [4.69, 9.17) is 4.74 Å². The molecule has 0 saturated carbocycles. The van der Waals surface area contributed by atoms with Crippen molar-refractivity contribution in [2.75, 3.05) is 23.9 Å². The number of rotatable bonds is 14. The number of benzene rings is 2. The van der Waals surface area contributed by atoms with Crippen LogP contribution < -0.4 is 10.6 Å². The maximum atomic E-state index is 14.4. The van der Waals surface area contributed by atoms with Gasteiger partial charge >= 0.3 is 6.09 Å². The Balaban J connectivity index is 2.56. The summed E-state index contributed by atoms with van der Waals surface area (Å²) < 4.78 is 5.50. The summed E-state index contributed by atoms with van der Waals surface area (Å²) in [5.74, 6) is 0.0989. The second-order valence-corrected chi connectivity index (χ2v) is 12.6. The Bertz CT molecular complexity index is 1140. The minimum absolute atomic E-state index is 0.280. The fourth-order valence-electron chi connectivity index (χ4n) is 4.73. The summed E-state index contributed by atoms with van der Waals surface area (Å²) in [5, 5.41) is 5.96. The number of hydrogen-bond acceptors (Lipinski definition) is 5. The van der Waals surface area contributed by atoms with Gasteiger partial charge in [-0.3, -0.25) is 9.59 Å². The van der Waals surface area contributed by atoms with Crippen LogP contribution in [0.4, 0.5) is 10.5 Å². The van der Waals surface area contributed by atoms with E-state index in [1.807, 2.05) is 69.5 Å². The van der Waals surface area contributed by atoms with Crippen molar-refractivity contribution in [3.63, 3.8) is 0 Å². The molecule has 2 unspecified atom stereocenters. The van der Waals surface area contributed by atoms with Crippen molar-refractivity contribution in [3.8, 4) is 0 Å². The quantitative estimate of drug-likeness (QED) is 0.227. The van der Waals surface area contributed by atoms with Crippen LogP contribution in [-0.2, 0) is 14.3 Å². The second-order valence-electron chi connectivity index (χ2n) is 11.6. The Labute approximate surface area is 251 Å². The molecule has 0 spiro atoms. The van der Waals surface area contributed by atoms with Crippen molar-refractivity contribution in [2.45, 2.75) is 98.3 Å². The molecule has 226 valence electrons. The van der Waals surface area contributed by atoms with E-state index in [0.717, 1.165) is 53.6 Å². The number of alkyl carbamates (subject to hydrolysis) is 1. The third-order valence-corrected chi connectivity index (χ3v) is 7.43. The molecule has 0 aliphatic carbocycles. The molecule has 0 radical (unpaired) electrons. The maximum absolute atomic E-state index is 14.4. The van der Waals surface area contributed by atoms with Gasteiger partial charge in [0.1, 0.15) is 17.7 Å². The highest BCUT2D eigenvalue weighted by molar-refractivity contribution is 7.98. The molecule has 0 aliphatic rings. The standard InChI is InChI=1S/C33H49N3O4S/c1-9-10-11-12-20-36(31(38)27(19-21-41-8)34-32(39)40-33(5,6)7)29(26-18-13-15-23(2)22-26)30(37)35-28-24(3)16-14-17-25(28)4/h13-18,22,27,29H,9-12,19-21H2,1-8H3,(H,34,39)(H,35,37). The van der Waals surface area contributed by atoms with Gasteiger partial charge in [0.15, 0.2) is 0 Å². The lowest BCUT2D eigenvalue weighted by Gasteiger charge is -2.35. The van der Waals surface area contributed by atoms with Crippen molar-refractivity contribution < 1.29 is 19.1 Å². The molecule has 0 bridgehead atoms. The van der Waals surface area contributed by atoms with Crippen LogP contribution in [0.1, 0.15) is 88.1 Å². The first-order chi connectivity index (χ1) is 19.4. The largest absolute Gasteiger partial charge is 0.444 e. The van der Waals surface area contributed by atoms with Crippen molar-refractivity contribution in [1.82, 2.24) is 10.2 Å². The number of carbonyl (C=O) groups excluding carboxylic acids is 3. The third kappa shape index (κ3) is 11.1. The van der Waals surface area contributed by atoms with Crippen LogP contribution in [0.3, 0.4) is 0 Å². The molecule has 0 aliphatic heterocycles. The number of aryl methyl sites for hydroxylation is 3. The van der Waals surface area contributed by atoms with E-state index < -0.39 is 23.8 Å². The fraction of sp³-hybridized carbons (Fsp3) is 0.545. The van der Waals surface area contributed by atoms with Gasteiger partial charge in [0.25, 0.3) is 5.91 Å². The van der Waals surface area contributed by atoms with Crippen molar-refractivity contribution in [3.05, 3.63) is 64.7 Å². The van der Waals surface area contributed by atoms with Gasteiger partial charge in [-0.2, -0.15) is 11.8 Å². The zero-order valence-electron chi connectivity index (χ0n) is 26.1. The monoisotopic (exact) mass is 583 g/mol. The van der Waals surface area contributed by atoms with Gasteiger partial charge in [-0.25, -0.2) is 4.79 Å². The summed E-state index contributed by atoms with van der Waals surface area (Å²) in [6.07, 6.45) is 5.52. The van der Waals surface area contributed by atoms with Crippen molar-refractivity contribution >= 4 is 35.4 Å². The van der Waals surface area contributed by atoms with E-state index in [1.165, 1.54) is 0 Å². The Hall–Kier alpha value is -3.00. The summed E-state index contributed by atoms with van der Waals surface area (Å²) in [6, 6.07) is 11.9. The minimum atomic E-state index is -0.875. The fourth-order valence-corrected chi connectivity index (χ4v) is 5.21. The first-order valence-electron chi connectivity index (χ1n) is 14.6. The molecule has 41 heavy (non-hydrogen) atoms. The number of anilines is 1. The number of unbranched alkanes of at least 4 members (excludes halogenated alkanes) is 3. The maximum Gasteiger partial charge on any atom is 0.408 e. The molecule has 7 nitrogen and oxygen atoms in total. The molecule has 3 amide bonds. The van der Waals surface area contributed by atoms with Gasteiger partial charge < -0.3 is 20.3 Å². The number of para-hydroxylation sites is 1. The zero-order valence-corrected chi connectivity index (χ0v) is 27.0. The van der Waals surface area contributed by atoms with E-state index in [1.54, 1.807) is 37.4 Å². The van der Waals surface area contributed by atoms with Gasteiger partial charge in [-0.15, -0.1) is 0 Å². The average Bonchev–Trinajstić information content (AvgIpc) is 2.89. The smallest absolute Gasteiger partial charge is 0.408 e. The van der Waals surface area contributed by atoms with E-state index >= 15 is 0 Å². The highest BCUT2D eigenvalue weighted by Crippen LogP contribution is 2.28. The van der Waals surface area contributed by atoms with E-state index in [9.17, 15) is 14.4 Å². The number of nitrogens with one attached hydrogen (secondary N) is 2. The molecular weight excluding hydrogens is 534 g/mol. The zero-order chi connectivity index (χ0) is 30.6. The summed E-state index contributed by atoms with van der Waals surface area (Å²) in [5.41, 5.74) is 3.68. The van der Waals surface area contributed by atoms with Gasteiger partial charge in [0.2, 0.25) is 5.91 Å². The number of amides is 3. The number of ether oxygens (including phenoxy) is 1. The molecule has 8 heteroatoms. The van der Waals surface area contributed by atoms with Crippen LogP contribution in [0.15, 0.2) is 42.5 Å². The van der Waals surface area contributed by atoms with Crippen LogP contribution in [0.5, 0.6) is 0 Å². The SMILES string of the molecule is CCCCCCN(C(=O)C(CCSC)NC(=O)OC(C)(C)C)C(C(=O)Nc1c(C)cccc1C)c1cccc(C)c1. The van der Waals surface area contributed by atoms with Crippen molar-refractivity contribution in [1.29, 1.82) is 0 Å². The minimum Gasteiger partial charge on any atom is -0.444 e. The van der Waals surface area contributed by atoms with E-state index in [0.29, 0.717) is 18.7 Å². The molecule has 2 N–H and O–H groups in total. The predicted molar refractivity (Wildman–Crippen MR) is 170 cm³/mol. The van der Waals surface area contributed by atoms with Crippen LogP contribution in [0.2, 0.25) is 0 Å². The number of nitrogens with zero attached hydrogens (tertiary/aromatic N) is 1. The molecule has 0 saturated heterocycles. The molecule has 2 aromatic carbocycles. The molecule has 2 atom stereocenters. The lowest BCUT2D eigenvalue weighted by Crippen LogP contribution is -2.52. The molecule has 0 heterocycles. The highest BCUT2D eigenvalue weighted by Gasteiger charge is 2.36. The number of thioether (sulfide) groups is 1. The molecular formula is C33H49N3O4S. The topological polar surface area (TPSA) is 87.7 Å². The molecule has 2 aromatic rings. The van der Waals surface area contributed by atoms with Crippen molar-refractivity contribution in [2.24, 2.45) is 0 Å². The Morgan fingerprint density at radius 1 is 0.976 bits per heavy atom. The van der Waals surface area contributed by atoms with Gasteiger partial charge in [0.05, 0.1) is 0 Å². The first-order valence-corrected chi connectivity index (χ1v) is 16.0. The average molecular weight is 584 g/mol. The van der Waals surface area contributed by atoms with Gasteiger partial charge in [-0.1, -0.05) is 74.2 Å². The second kappa shape index (κ2) is 16.4. The highest BCUT2D eigenvalue weighted by atomic mass is 32.2. The molecule has 2 rings (SSSR count). The van der Waals surface area contributed by atoms with Gasteiger partial charge in [-0.05, 0) is 83.1 Å². The lowest BCUT2D eigenvalue weighted by molar-refractivity contribution is -0.141. The summed E-state index contributed by atoms with van der Waals surface area (Å²) in [7, 11) is 0. The predicted octanol–water partition coefficient (Wildman–Crippen LogP) is 7.35. The van der Waals surface area contributed by atoms with E-state index in [2.05, 4.69) is 17.6 Å². The Kier molecular flexibility index (Phi) is 13.7. The first kappa shape index (κ1) is 34.2.